The van der Waals surface area contributed by atoms with Crippen LogP contribution >= 0.6 is 0 Å². The Balaban J connectivity index is 1.63. The van der Waals surface area contributed by atoms with Gasteiger partial charge in [-0.2, -0.15) is 0 Å². The number of primary amides is 1. The molecule has 0 unspecified atom stereocenters. The highest BCUT2D eigenvalue weighted by Gasteiger charge is 2.63. The molecule has 4 atom stereocenters. The van der Waals surface area contributed by atoms with Crippen LogP contribution in [-0.4, -0.2) is 101 Å². The molecule has 1 fully saturated rings. The molecule has 1 amide bonds. The second-order valence-corrected chi connectivity index (χ2v) is 13.6. The van der Waals surface area contributed by atoms with Gasteiger partial charge in [0.25, 0.3) is 5.91 Å². The molecule has 1 saturated heterocycles. The number of likely N-dealkylation sites (N-methyl/N-ethyl adjacent to an activating group) is 1. The first-order valence-electron chi connectivity index (χ1n) is 14.4. The number of anilines is 1. The number of rotatable bonds is 5. The normalized spacial score (nSPS) is 29.4. The van der Waals surface area contributed by atoms with Gasteiger partial charge < -0.3 is 31.1 Å². The molecule has 3 aliphatic carbocycles. The second kappa shape index (κ2) is 10.1. The summed E-state index contributed by atoms with van der Waals surface area (Å²) in [7, 11) is 7.00. The van der Waals surface area contributed by atoms with Crippen molar-refractivity contribution in [3.8, 4) is 5.75 Å². The second-order valence-electron chi connectivity index (χ2n) is 13.6. The Hall–Kier alpha value is -3.41. The molecule has 0 bridgehead atoms. The Morgan fingerprint density at radius 3 is 2.26 bits per heavy atom. The van der Waals surface area contributed by atoms with Gasteiger partial charge in [0, 0.05) is 37.8 Å². The van der Waals surface area contributed by atoms with Crippen LogP contribution < -0.4 is 10.6 Å². The van der Waals surface area contributed by atoms with Crippen LogP contribution in [0.4, 0.5) is 5.69 Å². The van der Waals surface area contributed by atoms with Crippen LogP contribution in [0.3, 0.4) is 0 Å². The first-order valence-corrected chi connectivity index (χ1v) is 14.4. The zero-order chi connectivity index (χ0) is 31.0. The SMILES string of the molecule is CN(C)c1c(CN2CCC(C)(C)CC2)cc(O)c2c1C[C@H]1C[C@H]3[C@H](N(C)C)C(O)=C(C(N)=O)C(=O)[C@@]3(O)C(O)=C1C2=O. The lowest BCUT2D eigenvalue weighted by Crippen LogP contribution is -2.63. The van der Waals surface area contributed by atoms with Gasteiger partial charge in [-0.1, -0.05) is 13.8 Å². The molecule has 4 aliphatic rings. The predicted octanol–water partition coefficient (Wildman–Crippen LogP) is 1.81. The van der Waals surface area contributed by atoms with Crippen LogP contribution in [-0.2, 0) is 22.6 Å². The summed E-state index contributed by atoms with van der Waals surface area (Å²) < 4.78 is 0. The lowest BCUT2D eigenvalue weighted by atomic mass is 9.58. The van der Waals surface area contributed by atoms with E-state index in [4.69, 9.17) is 5.73 Å². The summed E-state index contributed by atoms with van der Waals surface area (Å²) in [6.45, 7) is 6.98. The van der Waals surface area contributed by atoms with Gasteiger partial charge in [-0.15, -0.1) is 0 Å². The zero-order valence-corrected chi connectivity index (χ0v) is 25.2. The molecule has 1 aromatic rings. The monoisotopic (exact) mass is 582 g/mol. The van der Waals surface area contributed by atoms with Crippen molar-refractivity contribution in [2.75, 3.05) is 46.2 Å². The van der Waals surface area contributed by atoms with Gasteiger partial charge in [0.2, 0.25) is 5.78 Å². The molecular weight excluding hydrogens is 540 g/mol. The number of phenolic OH excluding ortho intramolecular Hbond substituents is 1. The summed E-state index contributed by atoms with van der Waals surface area (Å²) in [4.78, 5) is 45.5. The Kier molecular flexibility index (Phi) is 7.23. The molecule has 228 valence electrons. The van der Waals surface area contributed by atoms with Crippen LogP contribution in [0.25, 0.3) is 0 Å². The number of Topliss-reactive ketones (excluding diaryl/α,β-unsaturated/α-hetero) is 2. The van der Waals surface area contributed by atoms with Crippen LogP contribution in [0.1, 0.15) is 54.6 Å². The number of aromatic hydroxyl groups is 1. The Morgan fingerprint density at radius 1 is 1.10 bits per heavy atom. The third-order valence-corrected chi connectivity index (χ3v) is 9.82. The van der Waals surface area contributed by atoms with Gasteiger partial charge in [-0.05, 0) is 81.4 Å². The maximum atomic E-state index is 14.1. The highest BCUT2D eigenvalue weighted by Crippen LogP contribution is 2.53. The fourth-order valence-corrected chi connectivity index (χ4v) is 7.61. The minimum Gasteiger partial charge on any atom is -0.510 e. The zero-order valence-electron chi connectivity index (χ0n) is 25.2. The van der Waals surface area contributed by atoms with E-state index in [0.29, 0.717) is 12.1 Å². The van der Waals surface area contributed by atoms with Gasteiger partial charge in [0.05, 0.1) is 11.6 Å². The molecule has 6 N–H and O–H groups in total. The number of benzene rings is 1. The largest absolute Gasteiger partial charge is 0.510 e. The van der Waals surface area contributed by atoms with Crippen molar-refractivity contribution in [3.63, 3.8) is 0 Å². The summed E-state index contributed by atoms with van der Waals surface area (Å²) >= 11 is 0. The van der Waals surface area contributed by atoms with E-state index in [1.807, 2.05) is 19.0 Å². The molecule has 42 heavy (non-hydrogen) atoms. The molecule has 5 rings (SSSR count). The van der Waals surface area contributed by atoms with Gasteiger partial charge in [0.15, 0.2) is 11.4 Å². The van der Waals surface area contributed by atoms with E-state index in [1.54, 1.807) is 25.1 Å². The number of hydrogen-bond acceptors (Lipinski definition) is 10. The number of phenols is 1. The number of allylic oxidation sites excluding steroid dienone is 1. The molecular formula is C31H42N4O7. The van der Waals surface area contributed by atoms with E-state index in [0.717, 1.165) is 37.2 Å². The highest BCUT2D eigenvalue weighted by molar-refractivity contribution is 6.24. The molecule has 0 saturated carbocycles. The summed E-state index contributed by atoms with van der Waals surface area (Å²) in [5.74, 6) is -6.48. The number of hydrogen-bond donors (Lipinski definition) is 5. The molecule has 1 aromatic carbocycles. The van der Waals surface area contributed by atoms with Crippen molar-refractivity contribution in [1.82, 2.24) is 9.80 Å². The Bertz CT molecular complexity index is 1430. The van der Waals surface area contributed by atoms with E-state index in [1.165, 1.54) is 0 Å². The lowest BCUT2D eigenvalue weighted by Gasteiger charge is -2.50. The van der Waals surface area contributed by atoms with Crippen molar-refractivity contribution >= 4 is 23.2 Å². The topological polar surface area (TPSA) is 168 Å². The number of ketones is 2. The van der Waals surface area contributed by atoms with E-state index in [2.05, 4.69) is 18.7 Å². The van der Waals surface area contributed by atoms with Crippen molar-refractivity contribution in [1.29, 1.82) is 0 Å². The smallest absolute Gasteiger partial charge is 0.255 e. The van der Waals surface area contributed by atoms with Crippen LogP contribution in [0.2, 0.25) is 0 Å². The minimum atomic E-state index is -2.65. The molecule has 1 heterocycles. The summed E-state index contributed by atoms with van der Waals surface area (Å²) in [6, 6.07) is 0.580. The first kappa shape index (κ1) is 30.1. The third-order valence-electron chi connectivity index (χ3n) is 9.82. The number of nitrogens with two attached hydrogens (primary N) is 1. The van der Waals surface area contributed by atoms with Crippen molar-refractivity contribution < 1.29 is 34.8 Å². The summed E-state index contributed by atoms with van der Waals surface area (Å²) in [6.07, 6.45) is 2.44. The number of aliphatic hydroxyl groups is 3. The number of aliphatic hydroxyl groups excluding tert-OH is 2. The van der Waals surface area contributed by atoms with E-state index in [9.17, 15) is 34.8 Å². The number of fused-ring (bicyclic) bond motifs is 3. The average molecular weight is 583 g/mol. The maximum Gasteiger partial charge on any atom is 0.255 e. The summed E-state index contributed by atoms with van der Waals surface area (Å²) in [5, 5.41) is 45.5. The molecule has 0 aromatic heterocycles. The van der Waals surface area contributed by atoms with Crippen LogP contribution in [0.15, 0.2) is 28.7 Å². The van der Waals surface area contributed by atoms with Crippen LogP contribution in [0, 0.1) is 17.3 Å². The summed E-state index contributed by atoms with van der Waals surface area (Å²) in [5.41, 5.74) is 4.46. The molecule has 0 radical (unpaired) electrons. The molecule has 11 heteroatoms. The van der Waals surface area contributed by atoms with Crippen molar-refractivity contribution in [2.24, 2.45) is 23.0 Å². The lowest BCUT2D eigenvalue weighted by molar-refractivity contribution is -0.148. The fourth-order valence-electron chi connectivity index (χ4n) is 7.61. The minimum absolute atomic E-state index is 0.0306. The van der Waals surface area contributed by atoms with Gasteiger partial charge in [0.1, 0.15) is 22.8 Å². The Morgan fingerprint density at radius 2 is 1.71 bits per heavy atom. The molecule has 1 aliphatic heterocycles. The van der Waals surface area contributed by atoms with Crippen LogP contribution in [0.5, 0.6) is 5.75 Å². The predicted molar refractivity (Wildman–Crippen MR) is 156 cm³/mol. The van der Waals surface area contributed by atoms with Gasteiger partial charge in [-0.3, -0.25) is 24.2 Å². The average Bonchev–Trinajstić information content (AvgIpc) is 2.86. The molecule has 11 nitrogen and oxygen atoms in total. The van der Waals surface area contributed by atoms with E-state index >= 15 is 0 Å². The first-order chi connectivity index (χ1) is 19.5. The number of piperidine rings is 1. The van der Waals surface area contributed by atoms with Gasteiger partial charge >= 0.3 is 0 Å². The van der Waals surface area contributed by atoms with E-state index in [-0.39, 0.29) is 35.1 Å². The fraction of sp³-hybridized carbons (Fsp3) is 0.581. The number of carbonyl (C=O) groups excluding carboxylic acids is 3. The standard InChI is InChI=1S/C31H42N4O7/c1-30(2)7-9-35(10-8-30)14-16-13-19(36)21-17(23(16)33(3)4)11-15-12-18-24(34(5)6)26(38)22(29(32)41)28(40)31(18,42)27(39)20(15)25(21)37/h13,15,18,24,36,38-39,42H,7-12,14H2,1-6H3,(H2,32,41)/t15-,18-,24-,31-/m0/s1. The number of nitrogens with zero attached hydrogens (tertiary/aromatic N) is 3. The Labute approximate surface area is 245 Å². The number of likely N-dealkylation sites (tertiary alicyclic amines) is 1. The quantitative estimate of drug-likeness (QED) is 0.323. The molecule has 0 spiro atoms. The van der Waals surface area contributed by atoms with Crippen molar-refractivity contribution in [2.45, 2.75) is 57.7 Å². The van der Waals surface area contributed by atoms with Crippen molar-refractivity contribution in [3.05, 3.63) is 45.4 Å². The maximum absolute atomic E-state index is 14.1. The highest BCUT2D eigenvalue weighted by atomic mass is 16.3. The van der Waals surface area contributed by atoms with Gasteiger partial charge in [-0.25, -0.2) is 0 Å². The number of carbonyl (C=O) groups is 3. The van der Waals surface area contributed by atoms with E-state index < -0.39 is 58.0 Å². The number of amides is 1. The third kappa shape index (κ3) is 4.40.